The van der Waals surface area contributed by atoms with Crippen LogP contribution in [0.3, 0.4) is 0 Å². The summed E-state index contributed by atoms with van der Waals surface area (Å²) in [5, 5.41) is 6.96. The van der Waals surface area contributed by atoms with Crippen LogP contribution in [0.4, 0.5) is 5.69 Å². The van der Waals surface area contributed by atoms with E-state index < -0.39 is 0 Å². The van der Waals surface area contributed by atoms with Crippen LogP contribution in [0, 0.1) is 0 Å². The van der Waals surface area contributed by atoms with E-state index in [9.17, 15) is 9.59 Å². The number of para-hydroxylation sites is 2. The van der Waals surface area contributed by atoms with Crippen LogP contribution in [0.25, 0.3) is 0 Å². The fourth-order valence-electron chi connectivity index (χ4n) is 2.47. The third kappa shape index (κ3) is 3.90. The number of hydrogen-bond donors (Lipinski definition) is 1. The van der Waals surface area contributed by atoms with Gasteiger partial charge in [0.15, 0.2) is 0 Å². The van der Waals surface area contributed by atoms with E-state index in [-0.39, 0.29) is 24.8 Å². The predicted octanol–water partition coefficient (Wildman–Crippen LogP) is 2.22. The molecule has 0 radical (unpaired) electrons. The highest BCUT2D eigenvalue weighted by atomic mass is 32.1. The molecule has 3 rings (SSSR count). The van der Waals surface area contributed by atoms with Gasteiger partial charge in [-0.25, -0.2) is 0 Å². The molecule has 1 aliphatic rings. The summed E-state index contributed by atoms with van der Waals surface area (Å²) in [6.45, 7) is 0.921. The Balaban J connectivity index is 1.61. The number of benzene rings is 1. The second-order valence-corrected chi connectivity index (χ2v) is 6.06. The quantitative estimate of drug-likeness (QED) is 0.914. The average Bonchev–Trinajstić information content (AvgIpc) is 3.01. The monoisotopic (exact) mass is 330 g/mol. The largest absolute Gasteiger partial charge is 0.491 e. The van der Waals surface area contributed by atoms with Gasteiger partial charge in [-0.2, -0.15) is 11.3 Å². The van der Waals surface area contributed by atoms with E-state index in [1.165, 1.54) is 10.5 Å². The number of ether oxygens (including phenoxy) is 1. The summed E-state index contributed by atoms with van der Waals surface area (Å²) in [6, 6.07) is 9.35. The van der Waals surface area contributed by atoms with Gasteiger partial charge in [0.05, 0.1) is 18.7 Å². The Morgan fingerprint density at radius 2 is 2.17 bits per heavy atom. The van der Waals surface area contributed by atoms with Crippen LogP contribution < -0.4 is 15.0 Å². The first-order chi connectivity index (χ1) is 11.2. The van der Waals surface area contributed by atoms with Gasteiger partial charge in [0, 0.05) is 6.54 Å². The molecule has 0 saturated carbocycles. The Hall–Kier alpha value is -2.34. The van der Waals surface area contributed by atoms with Gasteiger partial charge in [-0.15, -0.1) is 0 Å². The number of hydrogen-bond acceptors (Lipinski definition) is 4. The standard InChI is InChI=1S/C17H18N2O3S/c20-16(18-8-5-13-7-10-23-12-13)11-19-14-3-1-2-4-15(14)22-9-6-17(19)21/h1-4,7,10,12H,5-6,8-9,11H2,(H,18,20). The van der Waals surface area contributed by atoms with Crippen LogP contribution in [0.1, 0.15) is 12.0 Å². The molecule has 1 aromatic carbocycles. The van der Waals surface area contributed by atoms with Crippen molar-refractivity contribution in [3.05, 3.63) is 46.7 Å². The summed E-state index contributed by atoms with van der Waals surface area (Å²) in [7, 11) is 0. The van der Waals surface area contributed by atoms with Crippen LogP contribution in [0.15, 0.2) is 41.1 Å². The summed E-state index contributed by atoms with van der Waals surface area (Å²) in [5.41, 5.74) is 1.86. The molecule has 1 N–H and O–H groups in total. The molecule has 0 aliphatic carbocycles. The van der Waals surface area contributed by atoms with Crippen LogP contribution in [-0.2, 0) is 16.0 Å². The number of fused-ring (bicyclic) bond motifs is 1. The van der Waals surface area contributed by atoms with Crippen molar-refractivity contribution in [1.29, 1.82) is 0 Å². The lowest BCUT2D eigenvalue weighted by atomic mass is 10.2. The first-order valence-corrected chi connectivity index (χ1v) is 8.48. The molecular formula is C17H18N2O3S. The van der Waals surface area contributed by atoms with Crippen molar-refractivity contribution < 1.29 is 14.3 Å². The molecule has 0 atom stereocenters. The molecule has 0 fully saturated rings. The summed E-state index contributed by atoms with van der Waals surface area (Å²) in [4.78, 5) is 25.9. The number of anilines is 1. The van der Waals surface area contributed by atoms with Crippen molar-refractivity contribution in [3.8, 4) is 5.75 Å². The number of amides is 2. The Bertz CT molecular complexity index is 685. The summed E-state index contributed by atoms with van der Waals surface area (Å²) in [5.74, 6) is 0.387. The zero-order valence-corrected chi connectivity index (χ0v) is 13.5. The van der Waals surface area contributed by atoms with Gasteiger partial charge < -0.3 is 10.1 Å². The first kappa shape index (κ1) is 15.6. The Morgan fingerprint density at radius 1 is 1.30 bits per heavy atom. The van der Waals surface area contributed by atoms with Gasteiger partial charge >= 0.3 is 0 Å². The van der Waals surface area contributed by atoms with Gasteiger partial charge in [-0.1, -0.05) is 12.1 Å². The van der Waals surface area contributed by atoms with E-state index in [0.717, 1.165) is 6.42 Å². The van der Waals surface area contributed by atoms with Crippen molar-refractivity contribution in [2.45, 2.75) is 12.8 Å². The van der Waals surface area contributed by atoms with E-state index in [1.54, 1.807) is 17.4 Å². The topological polar surface area (TPSA) is 58.6 Å². The molecule has 0 saturated heterocycles. The zero-order chi connectivity index (χ0) is 16.1. The lowest BCUT2D eigenvalue weighted by molar-refractivity contribution is -0.123. The molecule has 0 spiro atoms. The predicted molar refractivity (Wildman–Crippen MR) is 89.9 cm³/mol. The van der Waals surface area contributed by atoms with Gasteiger partial charge in [0.2, 0.25) is 11.8 Å². The lowest BCUT2D eigenvalue weighted by Gasteiger charge is -2.21. The minimum Gasteiger partial charge on any atom is -0.491 e. The minimum atomic E-state index is -0.162. The molecule has 2 amide bonds. The first-order valence-electron chi connectivity index (χ1n) is 7.54. The fraction of sp³-hybridized carbons (Fsp3) is 0.294. The maximum Gasteiger partial charge on any atom is 0.240 e. The molecule has 23 heavy (non-hydrogen) atoms. The van der Waals surface area contributed by atoms with Gasteiger partial charge in [-0.05, 0) is 40.9 Å². The second-order valence-electron chi connectivity index (χ2n) is 5.28. The molecule has 6 heteroatoms. The average molecular weight is 330 g/mol. The van der Waals surface area contributed by atoms with Crippen molar-refractivity contribution in [2.24, 2.45) is 0 Å². The highest BCUT2D eigenvalue weighted by Crippen LogP contribution is 2.30. The van der Waals surface area contributed by atoms with E-state index in [4.69, 9.17) is 4.74 Å². The number of rotatable bonds is 5. The second kappa shape index (κ2) is 7.28. The molecular weight excluding hydrogens is 312 g/mol. The number of thiophene rings is 1. The summed E-state index contributed by atoms with van der Waals surface area (Å²) >= 11 is 1.64. The fourth-order valence-corrected chi connectivity index (χ4v) is 3.18. The zero-order valence-electron chi connectivity index (χ0n) is 12.7. The van der Waals surface area contributed by atoms with Crippen molar-refractivity contribution in [3.63, 3.8) is 0 Å². The van der Waals surface area contributed by atoms with Crippen LogP contribution in [0.5, 0.6) is 5.75 Å². The molecule has 0 bridgehead atoms. The summed E-state index contributed by atoms with van der Waals surface area (Å²) in [6.07, 6.45) is 1.07. The number of nitrogens with zero attached hydrogens (tertiary/aromatic N) is 1. The van der Waals surface area contributed by atoms with Gasteiger partial charge in [-0.3, -0.25) is 14.5 Å². The molecule has 120 valence electrons. The van der Waals surface area contributed by atoms with E-state index in [0.29, 0.717) is 24.6 Å². The normalized spacial score (nSPS) is 13.9. The van der Waals surface area contributed by atoms with E-state index in [1.807, 2.05) is 29.6 Å². The summed E-state index contributed by atoms with van der Waals surface area (Å²) < 4.78 is 5.57. The SMILES string of the molecule is O=C(CN1C(=O)CCOc2ccccc21)NCCc1ccsc1. The van der Waals surface area contributed by atoms with Gasteiger partial charge in [0.1, 0.15) is 12.3 Å². The van der Waals surface area contributed by atoms with Crippen LogP contribution >= 0.6 is 11.3 Å². The lowest BCUT2D eigenvalue weighted by Crippen LogP contribution is -2.41. The Kier molecular flexibility index (Phi) is 4.92. The van der Waals surface area contributed by atoms with Crippen LogP contribution in [0.2, 0.25) is 0 Å². The Morgan fingerprint density at radius 3 is 3.00 bits per heavy atom. The van der Waals surface area contributed by atoms with Crippen molar-refractivity contribution in [2.75, 3.05) is 24.6 Å². The van der Waals surface area contributed by atoms with Crippen molar-refractivity contribution >= 4 is 28.8 Å². The third-order valence-corrected chi connectivity index (χ3v) is 4.38. The minimum absolute atomic E-state index is 0.0167. The molecule has 1 aromatic heterocycles. The molecule has 0 unspecified atom stereocenters. The van der Waals surface area contributed by atoms with Crippen LogP contribution in [-0.4, -0.2) is 31.5 Å². The highest BCUT2D eigenvalue weighted by Gasteiger charge is 2.24. The maximum atomic E-state index is 12.2. The maximum absolute atomic E-state index is 12.2. The number of carbonyl (C=O) groups excluding carboxylic acids is 2. The Labute approximate surface area is 138 Å². The molecule has 2 heterocycles. The van der Waals surface area contributed by atoms with E-state index in [2.05, 4.69) is 10.7 Å². The van der Waals surface area contributed by atoms with Crippen molar-refractivity contribution in [1.82, 2.24) is 5.32 Å². The van der Waals surface area contributed by atoms with Gasteiger partial charge in [0.25, 0.3) is 0 Å². The smallest absolute Gasteiger partial charge is 0.240 e. The third-order valence-electron chi connectivity index (χ3n) is 3.65. The number of carbonyl (C=O) groups is 2. The molecule has 2 aromatic rings. The highest BCUT2D eigenvalue weighted by molar-refractivity contribution is 7.07. The van der Waals surface area contributed by atoms with E-state index >= 15 is 0 Å². The number of nitrogens with one attached hydrogen (secondary N) is 1. The molecule has 5 nitrogen and oxygen atoms in total. The molecule has 1 aliphatic heterocycles.